The maximum Gasteiger partial charge on any atom is 0.416 e. The lowest BCUT2D eigenvalue weighted by molar-refractivity contribution is -0.137. The molecule has 0 spiro atoms. The molecule has 0 radical (unpaired) electrons. The summed E-state index contributed by atoms with van der Waals surface area (Å²) in [4.78, 5) is 11.7. The smallest absolute Gasteiger partial charge is 0.307 e. The third-order valence-corrected chi connectivity index (χ3v) is 2.92. The second kappa shape index (κ2) is 6.70. The number of Topliss-reactive ketones (excluding diaryl/α,β-unsaturated/α-hetero) is 1. The Labute approximate surface area is 111 Å². The number of nitrogens with one attached hydrogen (secondary N) is 1. The van der Waals surface area contributed by atoms with Crippen molar-refractivity contribution in [2.45, 2.75) is 38.9 Å². The minimum atomic E-state index is -4.37. The standard InChI is InChI=1S/C14H18F3NO/c1-3-10(2)18-9-13(19)8-11-5-4-6-12(7-11)14(15,16)17/h4-7,10,18H,3,8-9H2,1-2H3. The quantitative estimate of drug-likeness (QED) is 0.862. The number of rotatable bonds is 6. The van der Waals surface area contributed by atoms with Crippen LogP contribution in [-0.2, 0) is 17.4 Å². The molecule has 1 rings (SSSR count). The van der Waals surface area contributed by atoms with E-state index in [4.69, 9.17) is 0 Å². The van der Waals surface area contributed by atoms with Crippen LogP contribution in [-0.4, -0.2) is 18.4 Å². The summed E-state index contributed by atoms with van der Waals surface area (Å²) in [6.45, 7) is 4.14. The van der Waals surface area contributed by atoms with Gasteiger partial charge in [0.1, 0.15) is 0 Å². The molecule has 0 aliphatic rings. The fourth-order valence-electron chi connectivity index (χ4n) is 1.58. The van der Waals surface area contributed by atoms with Gasteiger partial charge in [-0.15, -0.1) is 0 Å². The molecule has 2 nitrogen and oxygen atoms in total. The minimum absolute atomic E-state index is 0.0212. The van der Waals surface area contributed by atoms with Gasteiger partial charge in [0.25, 0.3) is 0 Å². The molecule has 1 aromatic rings. The molecule has 0 saturated carbocycles. The number of carbonyl (C=O) groups is 1. The topological polar surface area (TPSA) is 29.1 Å². The van der Waals surface area contributed by atoms with E-state index in [1.165, 1.54) is 12.1 Å². The molecule has 0 fully saturated rings. The highest BCUT2D eigenvalue weighted by molar-refractivity contribution is 5.82. The van der Waals surface area contributed by atoms with Crippen LogP contribution in [0.1, 0.15) is 31.4 Å². The molecule has 0 aliphatic carbocycles. The van der Waals surface area contributed by atoms with Crippen LogP contribution in [0.2, 0.25) is 0 Å². The summed E-state index contributed by atoms with van der Waals surface area (Å²) in [5.74, 6) is -0.111. The molecule has 0 heterocycles. The van der Waals surface area contributed by atoms with Crippen molar-refractivity contribution in [1.82, 2.24) is 5.32 Å². The summed E-state index contributed by atoms with van der Waals surface area (Å²) in [6.07, 6.45) is -3.45. The van der Waals surface area contributed by atoms with E-state index in [2.05, 4.69) is 5.32 Å². The summed E-state index contributed by atoms with van der Waals surface area (Å²) in [5.41, 5.74) is -0.321. The van der Waals surface area contributed by atoms with E-state index >= 15 is 0 Å². The van der Waals surface area contributed by atoms with Gasteiger partial charge in [-0.05, 0) is 25.0 Å². The van der Waals surface area contributed by atoms with E-state index < -0.39 is 11.7 Å². The Balaban J connectivity index is 2.60. The third kappa shape index (κ3) is 5.42. The number of alkyl halides is 3. The predicted molar refractivity (Wildman–Crippen MR) is 67.9 cm³/mol. The van der Waals surface area contributed by atoms with Gasteiger partial charge in [-0.3, -0.25) is 4.79 Å². The summed E-state index contributed by atoms with van der Waals surface area (Å²) in [7, 11) is 0. The highest BCUT2D eigenvalue weighted by Gasteiger charge is 2.30. The van der Waals surface area contributed by atoms with Gasteiger partial charge in [-0.2, -0.15) is 13.2 Å². The highest BCUT2D eigenvalue weighted by atomic mass is 19.4. The molecule has 1 unspecified atom stereocenters. The zero-order chi connectivity index (χ0) is 14.5. The molecule has 19 heavy (non-hydrogen) atoms. The van der Waals surface area contributed by atoms with Crippen LogP contribution < -0.4 is 5.32 Å². The number of ketones is 1. The van der Waals surface area contributed by atoms with Crippen molar-refractivity contribution in [2.75, 3.05) is 6.54 Å². The normalized spacial score (nSPS) is 13.3. The maximum atomic E-state index is 12.5. The van der Waals surface area contributed by atoms with E-state index in [9.17, 15) is 18.0 Å². The van der Waals surface area contributed by atoms with Gasteiger partial charge in [-0.1, -0.05) is 25.1 Å². The predicted octanol–water partition coefficient (Wildman–Crippen LogP) is 3.21. The van der Waals surface area contributed by atoms with E-state index in [0.29, 0.717) is 5.56 Å². The molecule has 106 valence electrons. The fraction of sp³-hybridized carbons (Fsp3) is 0.500. The maximum absolute atomic E-state index is 12.5. The van der Waals surface area contributed by atoms with E-state index in [0.717, 1.165) is 18.6 Å². The molecule has 1 atom stereocenters. The average molecular weight is 273 g/mol. The molecule has 5 heteroatoms. The van der Waals surface area contributed by atoms with Gasteiger partial charge in [0.2, 0.25) is 0 Å². The number of hydrogen-bond donors (Lipinski definition) is 1. The molecule has 1 N–H and O–H groups in total. The lowest BCUT2D eigenvalue weighted by atomic mass is 10.1. The van der Waals surface area contributed by atoms with Crippen LogP contribution in [0, 0.1) is 0 Å². The zero-order valence-electron chi connectivity index (χ0n) is 11.1. The Morgan fingerprint density at radius 1 is 1.37 bits per heavy atom. The van der Waals surface area contributed by atoms with Gasteiger partial charge in [-0.25, -0.2) is 0 Å². The second-order valence-electron chi connectivity index (χ2n) is 4.60. The summed E-state index contributed by atoms with van der Waals surface area (Å²) < 4.78 is 37.5. The fourth-order valence-corrected chi connectivity index (χ4v) is 1.58. The minimum Gasteiger partial charge on any atom is -0.307 e. The first kappa shape index (κ1) is 15.7. The lowest BCUT2D eigenvalue weighted by Gasteiger charge is -2.11. The van der Waals surface area contributed by atoms with Crippen molar-refractivity contribution in [3.63, 3.8) is 0 Å². The average Bonchev–Trinajstić information content (AvgIpc) is 2.35. The monoisotopic (exact) mass is 273 g/mol. The van der Waals surface area contributed by atoms with Gasteiger partial charge in [0, 0.05) is 12.5 Å². The molecule has 1 aromatic carbocycles. The van der Waals surface area contributed by atoms with Crippen molar-refractivity contribution in [3.05, 3.63) is 35.4 Å². The van der Waals surface area contributed by atoms with Crippen LogP contribution in [0.4, 0.5) is 13.2 Å². The van der Waals surface area contributed by atoms with Crippen molar-refractivity contribution in [3.8, 4) is 0 Å². The zero-order valence-corrected chi connectivity index (χ0v) is 11.1. The number of halogens is 3. The van der Waals surface area contributed by atoms with Crippen molar-refractivity contribution < 1.29 is 18.0 Å². The molecule has 0 aliphatic heterocycles. The Hall–Kier alpha value is -1.36. The summed E-state index contributed by atoms with van der Waals surface area (Å²) in [5, 5.41) is 3.03. The van der Waals surface area contributed by atoms with E-state index in [-0.39, 0.29) is 24.8 Å². The van der Waals surface area contributed by atoms with Crippen molar-refractivity contribution in [2.24, 2.45) is 0 Å². The largest absolute Gasteiger partial charge is 0.416 e. The lowest BCUT2D eigenvalue weighted by Crippen LogP contribution is -2.31. The molecular formula is C14H18F3NO. The van der Waals surface area contributed by atoms with Gasteiger partial charge in [0.15, 0.2) is 5.78 Å². The van der Waals surface area contributed by atoms with Crippen molar-refractivity contribution in [1.29, 1.82) is 0 Å². The van der Waals surface area contributed by atoms with Gasteiger partial charge >= 0.3 is 6.18 Å². The first-order chi connectivity index (χ1) is 8.82. The summed E-state index contributed by atoms with van der Waals surface area (Å²) >= 11 is 0. The Bertz CT molecular complexity index is 429. The van der Waals surface area contributed by atoms with Crippen LogP contribution in [0.15, 0.2) is 24.3 Å². The molecule has 0 amide bonds. The highest BCUT2D eigenvalue weighted by Crippen LogP contribution is 2.29. The Morgan fingerprint density at radius 2 is 2.05 bits per heavy atom. The van der Waals surface area contributed by atoms with E-state index in [1.807, 2.05) is 13.8 Å². The first-order valence-electron chi connectivity index (χ1n) is 6.24. The number of benzene rings is 1. The number of carbonyl (C=O) groups excluding carboxylic acids is 1. The van der Waals surface area contributed by atoms with Crippen LogP contribution in [0.3, 0.4) is 0 Å². The molecule has 0 bridgehead atoms. The van der Waals surface area contributed by atoms with Gasteiger partial charge < -0.3 is 5.32 Å². The summed E-state index contributed by atoms with van der Waals surface area (Å²) in [6, 6.07) is 5.13. The van der Waals surface area contributed by atoms with Crippen molar-refractivity contribution >= 4 is 5.78 Å². The molecule has 0 aromatic heterocycles. The van der Waals surface area contributed by atoms with Crippen LogP contribution in [0.25, 0.3) is 0 Å². The first-order valence-corrected chi connectivity index (χ1v) is 6.24. The Kier molecular flexibility index (Phi) is 5.54. The van der Waals surface area contributed by atoms with Gasteiger partial charge in [0.05, 0.1) is 12.1 Å². The third-order valence-electron chi connectivity index (χ3n) is 2.92. The second-order valence-corrected chi connectivity index (χ2v) is 4.60. The number of hydrogen-bond acceptors (Lipinski definition) is 2. The van der Waals surface area contributed by atoms with Crippen LogP contribution in [0.5, 0.6) is 0 Å². The Morgan fingerprint density at radius 3 is 2.63 bits per heavy atom. The van der Waals surface area contributed by atoms with E-state index in [1.54, 1.807) is 0 Å². The SMILES string of the molecule is CCC(C)NCC(=O)Cc1cccc(C(F)(F)F)c1. The molecular weight excluding hydrogens is 255 g/mol. The molecule has 0 saturated heterocycles. The van der Waals surface area contributed by atoms with Crippen LogP contribution >= 0.6 is 0 Å².